The molecule has 18 heavy (non-hydrogen) atoms. The summed E-state index contributed by atoms with van der Waals surface area (Å²) in [5.74, 6) is 0. The molecule has 2 heterocycles. The Morgan fingerprint density at radius 2 is 1.94 bits per heavy atom. The molecular weight excluding hydrogens is 224 g/mol. The van der Waals surface area contributed by atoms with E-state index in [1.54, 1.807) is 0 Å². The highest BCUT2D eigenvalue weighted by molar-refractivity contribution is 5.10. The van der Waals surface area contributed by atoms with Crippen LogP contribution in [0, 0.1) is 0 Å². The van der Waals surface area contributed by atoms with Crippen molar-refractivity contribution >= 4 is 0 Å². The van der Waals surface area contributed by atoms with Crippen LogP contribution in [0.25, 0.3) is 0 Å². The van der Waals surface area contributed by atoms with E-state index in [4.69, 9.17) is 0 Å². The molecule has 0 aliphatic carbocycles. The predicted molar refractivity (Wildman–Crippen MR) is 73.3 cm³/mol. The zero-order chi connectivity index (χ0) is 13.0. The van der Waals surface area contributed by atoms with Crippen LogP contribution in [0.3, 0.4) is 0 Å². The first-order valence-corrected chi connectivity index (χ1v) is 6.38. The standard InChI is InChI=1S/C14H22N4/c1-14(2,3)16-10-13-4-6-17(11-13)8-9-18-7-5-15-12-18/h4-7,11-12,16H,8-10H2,1-3H3. The molecule has 0 saturated heterocycles. The van der Waals surface area contributed by atoms with Gasteiger partial charge in [-0.15, -0.1) is 0 Å². The van der Waals surface area contributed by atoms with Crippen LogP contribution in [0.5, 0.6) is 0 Å². The quantitative estimate of drug-likeness (QED) is 0.878. The van der Waals surface area contributed by atoms with Gasteiger partial charge in [0.15, 0.2) is 0 Å². The lowest BCUT2D eigenvalue weighted by Crippen LogP contribution is -2.34. The van der Waals surface area contributed by atoms with Crippen molar-refractivity contribution in [2.75, 3.05) is 0 Å². The lowest BCUT2D eigenvalue weighted by atomic mass is 10.1. The average Bonchev–Trinajstić information content (AvgIpc) is 2.94. The molecule has 4 heteroatoms. The molecule has 0 atom stereocenters. The number of aryl methyl sites for hydroxylation is 2. The van der Waals surface area contributed by atoms with Gasteiger partial charge in [-0.05, 0) is 32.4 Å². The number of rotatable bonds is 5. The lowest BCUT2D eigenvalue weighted by Gasteiger charge is -2.19. The summed E-state index contributed by atoms with van der Waals surface area (Å²) in [5, 5.41) is 3.49. The first kappa shape index (κ1) is 12.9. The van der Waals surface area contributed by atoms with Crippen LogP contribution in [0.15, 0.2) is 37.2 Å². The Labute approximate surface area is 109 Å². The fourth-order valence-electron chi connectivity index (χ4n) is 1.75. The minimum atomic E-state index is 0.166. The summed E-state index contributed by atoms with van der Waals surface area (Å²) in [5.41, 5.74) is 1.49. The van der Waals surface area contributed by atoms with Crippen LogP contribution in [0.1, 0.15) is 26.3 Å². The first-order valence-electron chi connectivity index (χ1n) is 6.38. The summed E-state index contributed by atoms with van der Waals surface area (Å²) in [7, 11) is 0. The van der Waals surface area contributed by atoms with Gasteiger partial charge in [-0.2, -0.15) is 0 Å². The summed E-state index contributed by atoms with van der Waals surface area (Å²) in [6, 6.07) is 2.17. The monoisotopic (exact) mass is 246 g/mol. The number of imidazole rings is 1. The van der Waals surface area contributed by atoms with Crippen LogP contribution < -0.4 is 5.32 Å². The highest BCUT2D eigenvalue weighted by atomic mass is 15.1. The van der Waals surface area contributed by atoms with Gasteiger partial charge < -0.3 is 14.5 Å². The second-order valence-corrected chi connectivity index (χ2v) is 5.66. The molecule has 2 aromatic heterocycles. The summed E-state index contributed by atoms with van der Waals surface area (Å²) in [6.45, 7) is 9.41. The molecule has 0 aliphatic heterocycles. The molecule has 0 unspecified atom stereocenters. The van der Waals surface area contributed by atoms with Gasteiger partial charge in [-0.3, -0.25) is 0 Å². The smallest absolute Gasteiger partial charge is 0.0946 e. The van der Waals surface area contributed by atoms with E-state index in [1.165, 1.54) is 5.56 Å². The van der Waals surface area contributed by atoms with Gasteiger partial charge in [-0.25, -0.2) is 4.98 Å². The Kier molecular flexibility index (Phi) is 3.87. The Balaban J connectivity index is 1.82. The maximum atomic E-state index is 4.04. The predicted octanol–water partition coefficient (Wildman–Crippen LogP) is 2.27. The number of hydrogen-bond acceptors (Lipinski definition) is 2. The van der Waals surface area contributed by atoms with Gasteiger partial charge in [0.25, 0.3) is 0 Å². The van der Waals surface area contributed by atoms with E-state index in [-0.39, 0.29) is 5.54 Å². The fraction of sp³-hybridized carbons (Fsp3) is 0.500. The molecule has 0 radical (unpaired) electrons. The van der Waals surface area contributed by atoms with Gasteiger partial charge in [-0.1, -0.05) is 0 Å². The SMILES string of the molecule is CC(C)(C)NCc1ccn(CCn2ccnc2)c1. The maximum Gasteiger partial charge on any atom is 0.0946 e. The van der Waals surface area contributed by atoms with Crippen LogP contribution >= 0.6 is 0 Å². The second kappa shape index (κ2) is 5.40. The van der Waals surface area contributed by atoms with Crippen molar-refractivity contribution in [3.8, 4) is 0 Å². The maximum absolute atomic E-state index is 4.04. The molecule has 2 rings (SSSR count). The third kappa shape index (κ3) is 4.04. The zero-order valence-corrected chi connectivity index (χ0v) is 11.4. The molecule has 98 valence electrons. The number of nitrogens with zero attached hydrogens (tertiary/aromatic N) is 3. The average molecular weight is 246 g/mol. The van der Waals surface area contributed by atoms with Gasteiger partial charge in [0, 0.05) is 50.0 Å². The number of aromatic nitrogens is 3. The van der Waals surface area contributed by atoms with Gasteiger partial charge in [0.1, 0.15) is 0 Å². The molecular formula is C14H22N4. The summed E-state index contributed by atoms with van der Waals surface area (Å²) >= 11 is 0. The van der Waals surface area contributed by atoms with Crippen LogP contribution in [0.2, 0.25) is 0 Å². The second-order valence-electron chi connectivity index (χ2n) is 5.66. The van der Waals surface area contributed by atoms with Gasteiger partial charge >= 0.3 is 0 Å². The zero-order valence-electron chi connectivity index (χ0n) is 11.4. The summed E-state index contributed by atoms with van der Waals surface area (Å²) in [6.07, 6.45) is 10.00. The lowest BCUT2D eigenvalue weighted by molar-refractivity contribution is 0.424. The van der Waals surface area contributed by atoms with E-state index in [2.05, 4.69) is 58.7 Å². The van der Waals surface area contributed by atoms with Crippen molar-refractivity contribution in [1.82, 2.24) is 19.4 Å². The van der Waals surface area contributed by atoms with Crippen molar-refractivity contribution in [3.05, 3.63) is 42.7 Å². The Morgan fingerprint density at radius 1 is 1.17 bits per heavy atom. The molecule has 0 bridgehead atoms. The van der Waals surface area contributed by atoms with Gasteiger partial charge in [0.2, 0.25) is 0 Å². The summed E-state index contributed by atoms with van der Waals surface area (Å²) < 4.78 is 4.31. The van der Waals surface area contributed by atoms with E-state index < -0.39 is 0 Å². The molecule has 0 saturated carbocycles. The molecule has 2 aromatic rings. The normalized spacial score (nSPS) is 11.9. The molecule has 0 aliphatic rings. The highest BCUT2D eigenvalue weighted by Crippen LogP contribution is 2.05. The van der Waals surface area contributed by atoms with Crippen molar-refractivity contribution in [2.45, 2.75) is 45.9 Å². The van der Waals surface area contributed by atoms with Crippen LogP contribution in [0.4, 0.5) is 0 Å². The van der Waals surface area contributed by atoms with Crippen molar-refractivity contribution in [2.24, 2.45) is 0 Å². The van der Waals surface area contributed by atoms with Crippen LogP contribution in [-0.4, -0.2) is 19.7 Å². The number of nitrogens with one attached hydrogen (secondary N) is 1. The highest BCUT2D eigenvalue weighted by Gasteiger charge is 2.08. The molecule has 4 nitrogen and oxygen atoms in total. The fourth-order valence-corrected chi connectivity index (χ4v) is 1.75. The first-order chi connectivity index (χ1) is 8.53. The third-order valence-corrected chi connectivity index (χ3v) is 2.81. The van der Waals surface area contributed by atoms with Gasteiger partial charge in [0.05, 0.1) is 6.33 Å². The Bertz CT molecular complexity index is 462. The minimum absolute atomic E-state index is 0.166. The van der Waals surface area contributed by atoms with E-state index in [0.717, 1.165) is 19.6 Å². The molecule has 1 N–H and O–H groups in total. The molecule has 0 spiro atoms. The molecule has 0 aromatic carbocycles. The van der Waals surface area contributed by atoms with E-state index in [1.807, 2.05) is 18.7 Å². The summed E-state index contributed by atoms with van der Waals surface area (Å²) in [4.78, 5) is 4.04. The van der Waals surface area contributed by atoms with Crippen molar-refractivity contribution < 1.29 is 0 Å². The van der Waals surface area contributed by atoms with Crippen LogP contribution in [-0.2, 0) is 19.6 Å². The molecule has 0 amide bonds. The largest absolute Gasteiger partial charge is 0.352 e. The molecule has 0 fully saturated rings. The third-order valence-electron chi connectivity index (χ3n) is 2.81. The topological polar surface area (TPSA) is 34.8 Å². The Hall–Kier alpha value is -1.55. The van der Waals surface area contributed by atoms with Crippen molar-refractivity contribution in [3.63, 3.8) is 0 Å². The van der Waals surface area contributed by atoms with E-state index in [9.17, 15) is 0 Å². The van der Waals surface area contributed by atoms with E-state index >= 15 is 0 Å². The minimum Gasteiger partial charge on any atom is -0.352 e. The number of hydrogen-bond donors (Lipinski definition) is 1. The van der Waals surface area contributed by atoms with Crippen molar-refractivity contribution in [1.29, 1.82) is 0 Å². The Morgan fingerprint density at radius 3 is 2.61 bits per heavy atom. The van der Waals surface area contributed by atoms with E-state index in [0.29, 0.717) is 0 Å².